The van der Waals surface area contributed by atoms with E-state index in [1.807, 2.05) is 30.7 Å². The zero-order valence-electron chi connectivity index (χ0n) is 19.5. The predicted molar refractivity (Wildman–Crippen MR) is 146 cm³/mol. The summed E-state index contributed by atoms with van der Waals surface area (Å²) in [6.45, 7) is 14.7. The van der Waals surface area contributed by atoms with Crippen LogP contribution in [0.2, 0.25) is 0 Å². The summed E-state index contributed by atoms with van der Waals surface area (Å²) in [7, 11) is 0. The van der Waals surface area contributed by atoms with Crippen molar-refractivity contribution in [3.8, 4) is 0 Å². The number of guanidine groups is 1. The van der Waals surface area contributed by atoms with Gasteiger partial charge in [0, 0.05) is 39.3 Å². The lowest BCUT2D eigenvalue weighted by atomic mass is 9.99. The van der Waals surface area contributed by atoms with Crippen molar-refractivity contribution < 1.29 is 5.11 Å². The molecule has 6 nitrogen and oxygen atoms in total. The number of hydrogen-bond donors (Lipinski definition) is 3. The lowest BCUT2D eigenvalue weighted by molar-refractivity contribution is 0.0621. The van der Waals surface area contributed by atoms with Gasteiger partial charge in [0.2, 0.25) is 0 Å². The third-order valence-corrected chi connectivity index (χ3v) is 6.53. The molecule has 1 aliphatic rings. The Morgan fingerprint density at radius 1 is 1.03 bits per heavy atom. The second-order valence-electron chi connectivity index (χ2n) is 8.36. The van der Waals surface area contributed by atoms with Crippen molar-refractivity contribution in [1.29, 1.82) is 0 Å². The highest BCUT2D eigenvalue weighted by molar-refractivity contribution is 14.0. The summed E-state index contributed by atoms with van der Waals surface area (Å²) in [5.41, 5.74) is 2.53. The molecule has 2 heterocycles. The van der Waals surface area contributed by atoms with Gasteiger partial charge in [0.25, 0.3) is 0 Å². The lowest BCUT2D eigenvalue weighted by Gasteiger charge is -2.34. The van der Waals surface area contributed by atoms with E-state index in [2.05, 4.69) is 51.6 Å². The maximum absolute atomic E-state index is 10.7. The van der Waals surface area contributed by atoms with Gasteiger partial charge in [-0.3, -0.25) is 4.90 Å². The molecule has 0 bridgehead atoms. The van der Waals surface area contributed by atoms with Gasteiger partial charge in [-0.15, -0.1) is 24.0 Å². The quantitative estimate of drug-likeness (QED) is 0.245. The molecule has 3 N–H and O–H groups in total. The molecule has 1 aromatic heterocycles. The number of nitrogens with one attached hydrogen (secondary N) is 2. The van der Waals surface area contributed by atoms with E-state index in [0.29, 0.717) is 13.1 Å². The zero-order chi connectivity index (χ0) is 22.1. The zero-order valence-corrected chi connectivity index (χ0v) is 22.7. The van der Waals surface area contributed by atoms with Crippen molar-refractivity contribution in [2.24, 2.45) is 4.99 Å². The van der Waals surface area contributed by atoms with Gasteiger partial charge in [0.15, 0.2) is 5.96 Å². The van der Waals surface area contributed by atoms with Crippen molar-refractivity contribution in [3.05, 3.63) is 57.8 Å². The third-order valence-electron chi connectivity index (χ3n) is 5.85. The molecule has 1 aliphatic heterocycles. The van der Waals surface area contributed by atoms with Gasteiger partial charge >= 0.3 is 0 Å². The van der Waals surface area contributed by atoms with Crippen LogP contribution < -0.4 is 10.6 Å². The smallest absolute Gasteiger partial charge is 0.191 e. The fourth-order valence-electron chi connectivity index (χ4n) is 3.71. The number of piperazine rings is 1. The first-order valence-electron chi connectivity index (χ1n) is 11.3. The minimum Gasteiger partial charge on any atom is -0.384 e. The van der Waals surface area contributed by atoms with Crippen LogP contribution in [0.3, 0.4) is 0 Å². The van der Waals surface area contributed by atoms with Gasteiger partial charge < -0.3 is 20.6 Å². The average molecular weight is 572 g/mol. The van der Waals surface area contributed by atoms with Crippen LogP contribution in [0.5, 0.6) is 0 Å². The first kappa shape index (κ1) is 27.0. The predicted octanol–water partition coefficient (Wildman–Crippen LogP) is 3.47. The number of aliphatic hydroxyl groups is 1. The van der Waals surface area contributed by atoms with Crippen molar-refractivity contribution in [2.75, 3.05) is 45.8 Å². The highest BCUT2D eigenvalue weighted by Gasteiger charge is 2.23. The van der Waals surface area contributed by atoms with Gasteiger partial charge in [-0.2, -0.15) is 11.3 Å². The summed E-state index contributed by atoms with van der Waals surface area (Å²) in [4.78, 5) is 9.74. The van der Waals surface area contributed by atoms with Crippen molar-refractivity contribution in [2.45, 2.75) is 39.5 Å². The monoisotopic (exact) mass is 571 g/mol. The first-order valence-corrected chi connectivity index (χ1v) is 12.2. The molecule has 1 fully saturated rings. The van der Waals surface area contributed by atoms with E-state index in [9.17, 15) is 5.11 Å². The van der Waals surface area contributed by atoms with E-state index >= 15 is 0 Å². The highest BCUT2D eigenvalue weighted by atomic mass is 127. The summed E-state index contributed by atoms with van der Waals surface area (Å²) in [5, 5.41) is 21.2. The summed E-state index contributed by atoms with van der Waals surface area (Å²) < 4.78 is 0. The molecule has 3 rings (SSSR count). The van der Waals surface area contributed by atoms with Crippen LogP contribution in [0.15, 0.2) is 46.1 Å². The Hall–Kier alpha value is -1.20. The number of hydrogen-bond acceptors (Lipinski definition) is 5. The average Bonchev–Trinajstić information content (AvgIpc) is 3.33. The largest absolute Gasteiger partial charge is 0.384 e. The Labute approximate surface area is 214 Å². The van der Waals surface area contributed by atoms with E-state index in [1.54, 1.807) is 11.3 Å². The van der Waals surface area contributed by atoms with Crippen molar-refractivity contribution in [3.63, 3.8) is 0 Å². The molecule has 1 unspecified atom stereocenters. The Morgan fingerprint density at radius 2 is 1.69 bits per heavy atom. The van der Waals surface area contributed by atoms with Crippen LogP contribution in [0.1, 0.15) is 37.5 Å². The number of benzene rings is 1. The van der Waals surface area contributed by atoms with Crippen molar-refractivity contribution >= 4 is 41.3 Å². The molecule has 0 saturated carbocycles. The Morgan fingerprint density at radius 3 is 2.28 bits per heavy atom. The normalized spacial score (nSPS) is 17.4. The molecule has 0 aliphatic carbocycles. The van der Waals surface area contributed by atoms with E-state index < -0.39 is 5.60 Å². The summed E-state index contributed by atoms with van der Waals surface area (Å²) in [6.07, 6.45) is 0. The molecule has 0 amide bonds. The first-order chi connectivity index (χ1) is 15.0. The number of thiophene rings is 1. The summed E-state index contributed by atoms with van der Waals surface area (Å²) >= 11 is 1.59. The molecule has 1 atom stereocenters. The van der Waals surface area contributed by atoms with Gasteiger partial charge in [-0.05, 0) is 53.9 Å². The van der Waals surface area contributed by atoms with E-state index in [-0.39, 0.29) is 24.0 Å². The summed E-state index contributed by atoms with van der Waals surface area (Å²) in [6, 6.07) is 10.7. The van der Waals surface area contributed by atoms with Crippen LogP contribution in [0.25, 0.3) is 0 Å². The Balaban J connectivity index is 0.00000363. The van der Waals surface area contributed by atoms with E-state index in [0.717, 1.165) is 44.2 Å². The minimum atomic E-state index is -0.930. The SMILES string of the molecule is CCNC(=NCc1ccc(CN2CCN(CC)CC2)cc1)NCC(C)(O)c1ccsc1.I. The number of likely N-dealkylation sites (N-methyl/N-ethyl adjacent to an activating group) is 1. The van der Waals surface area contributed by atoms with E-state index in [1.165, 1.54) is 24.2 Å². The second kappa shape index (κ2) is 13.5. The molecule has 178 valence electrons. The molecule has 1 aromatic carbocycles. The third kappa shape index (κ3) is 8.30. The Kier molecular flexibility index (Phi) is 11.4. The molecular weight excluding hydrogens is 533 g/mol. The van der Waals surface area contributed by atoms with E-state index in [4.69, 9.17) is 4.99 Å². The van der Waals surface area contributed by atoms with Crippen molar-refractivity contribution in [1.82, 2.24) is 20.4 Å². The minimum absolute atomic E-state index is 0. The number of rotatable bonds is 9. The van der Waals surface area contributed by atoms with Crippen LogP contribution in [-0.4, -0.2) is 66.7 Å². The van der Waals surface area contributed by atoms with Gasteiger partial charge in [-0.1, -0.05) is 31.2 Å². The lowest BCUT2D eigenvalue weighted by Crippen LogP contribution is -2.45. The summed E-state index contributed by atoms with van der Waals surface area (Å²) in [5.74, 6) is 0.718. The Bertz CT molecular complexity index is 802. The second-order valence-corrected chi connectivity index (χ2v) is 9.14. The van der Waals surface area contributed by atoms with Gasteiger partial charge in [0.1, 0.15) is 5.60 Å². The number of halogens is 1. The van der Waals surface area contributed by atoms with Crippen LogP contribution >= 0.6 is 35.3 Å². The highest BCUT2D eigenvalue weighted by Crippen LogP contribution is 2.22. The molecule has 0 radical (unpaired) electrons. The number of aliphatic imine (C=N–C) groups is 1. The molecule has 8 heteroatoms. The van der Waals surface area contributed by atoms with Crippen LogP contribution in [-0.2, 0) is 18.7 Å². The maximum Gasteiger partial charge on any atom is 0.191 e. The van der Waals surface area contributed by atoms with Crippen LogP contribution in [0.4, 0.5) is 0 Å². The molecular formula is C24H38IN5OS. The standard InChI is InChI=1S/C24H37N5OS.HI/c1-4-25-23(27-19-24(3,30)22-10-15-31-18-22)26-16-20-6-8-21(9-7-20)17-29-13-11-28(5-2)12-14-29;/h6-10,15,18,30H,4-5,11-14,16-17,19H2,1-3H3,(H2,25,26,27);1H. The van der Waals surface area contributed by atoms with Crippen LogP contribution in [0, 0.1) is 0 Å². The topological polar surface area (TPSA) is 63.1 Å². The number of nitrogens with zero attached hydrogens (tertiary/aromatic N) is 3. The molecule has 1 saturated heterocycles. The fourth-order valence-corrected chi connectivity index (χ4v) is 4.50. The van der Waals surface area contributed by atoms with Gasteiger partial charge in [0.05, 0.1) is 13.1 Å². The fraction of sp³-hybridized carbons (Fsp3) is 0.542. The molecule has 0 spiro atoms. The molecule has 2 aromatic rings. The molecule has 32 heavy (non-hydrogen) atoms. The maximum atomic E-state index is 10.7. The van der Waals surface area contributed by atoms with Gasteiger partial charge in [-0.25, -0.2) is 4.99 Å².